The zero-order valence-electron chi connectivity index (χ0n) is 39.6. The van der Waals surface area contributed by atoms with Gasteiger partial charge >= 0.3 is 0 Å². The summed E-state index contributed by atoms with van der Waals surface area (Å²) >= 11 is 0. The lowest BCUT2D eigenvalue weighted by Crippen LogP contribution is -2.47. The van der Waals surface area contributed by atoms with Gasteiger partial charge in [0.05, 0.1) is 11.1 Å². The Morgan fingerprint density at radius 2 is 1.28 bits per heavy atom. The van der Waals surface area contributed by atoms with E-state index in [0.29, 0.717) is 0 Å². The van der Waals surface area contributed by atoms with Gasteiger partial charge in [0.2, 0.25) is 0 Å². The monoisotopic (exact) mass is 863 g/mol. The van der Waals surface area contributed by atoms with E-state index < -0.39 is 5.41 Å². The zero-order chi connectivity index (χ0) is 45.5. The molecule has 5 aliphatic rings. The average molecular weight is 864 g/mol. The molecule has 2 aliphatic heterocycles. The Hall–Kier alpha value is -6.84. The Balaban J connectivity index is 1.11. The lowest BCUT2D eigenvalue weighted by molar-refractivity contribution is 0.332. The number of fused-ring (bicyclic) bond motifs is 9. The summed E-state index contributed by atoms with van der Waals surface area (Å²) in [5.41, 5.74) is 24.1. The number of allylic oxidation sites excluding steroid dienone is 4. The number of benzene rings is 8. The number of nitrogens with one attached hydrogen (secondary N) is 1. The van der Waals surface area contributed by atoms with E-state index in [1.165, 1.54) is 118 Å². The SMILES string of the molecule is CC1(C)CCC(C)(C)c2cc(Nc3ccc4c(c3-c3c5c(cc6ccccc36)N3c6ccccc6C(C6=CCCC=C6)(c6ccccc6)c6cccc(c63)[B]5)C(C)(C)c3ccccc3-4)ccc21. The highest BCUT2D eigenvalue weighted by atomic mass is 15.2. The smallest absolute Gasteiger partial charge is 0.197 e. The van der Waals surface area contributed by atoms with Crippen LogP contribution in [0.2, 0.25) is 0 Å². The van der Waals surface area contributed by atoms with Crippen molar-refractivity contribution in [2.45, 2.75) is 88.9 Å². The van der Waals surface area contributed by atoms with Gasteiger partial charge in [-0.3, -0.25) is 0 Å². The van der Waals surface area contributed by atoms with E-state index >= 15 is 0 Å². The van der Waals surface area contributed by atoms with Crippen molar-refractivity contribution in [3.8, 4) is 22.3 Å². The molecule has 0 amide bonds. The molecule has 0 bridgehead atoms. The second-order valence-electron chi connectivity index (χ2n) is 21.6. The lowest BCUT2D eigenvalue weighted by Gasteiger charge is -2.50. The maximum atomic E-state index is 4.16. The van der Waals surface area contributed by atoms with E-state index in [1.807, 2.05) is 0 Å². The first kappa shape index (κ1) is 40.4. The molecule has 0 spiro atoms. The summed E-state index contributed by atoms with van der Waals surface area (Å²) in [5, 5.41) is 6.65. The van der Waals surface area contributed by atoms with Crippen LogP contribution in [0.4, 0.5) is 28.4 Å². The summed E-state index contributed by atoms with van der Waals surface area (Å²) in [7, 11) is 2.53. The Morgan fingerprint density at radius 1 is 0.552 bits per heavy atom. The van der Waals surface area contributed by atoms with E-state index in [2.05, 4.69) is 235 Å². The molecule has 325 valence electrons. The van der Waals surface area contributed by atoms with Crippen molar-refractivity contribution in [1.29, 1.82) is 0 Å². The van der Waals surface area contributed by atoms with Crippen LogP contribution in [0.15, 0.2) is 182 Å². The first-order chi connectivity index (χ1) is 32.5. The van der Waals surface area contributed by atoms with E-state index in [0.717, 1.165) is 24.2 Å². The lowest BCUT2D eigenvalue weighted by atomic mass is 9.53. The van der Waals surface area contributed by atoms with Gasteiger partial charge < -0.3 is 10.2 Å². The molecular formula is C64H56BN2. The fraction of sp³-hybridized carbons (Fsp3) is 0.219. The molecule has 13 rings (SSSR count). The Kier molecular flexibility index (Phi) is 8.65. The Morgan fingerprint density at radius 3 is 2.10 bits per heavy atom. The molecule has 8 aromatic rings. The van der Waals surface area contributed by atoms with Crippen LogP contribution in [0.3, 0.4) is 0 Å². The average Bonchev–Trinajstić information content (AvgIpc) is 3.58. The molecular weight excluding hydrogens is 808 g/mol. The summed E-state index contributed by atoms with van der Waals surface area (Å²) in [6, 6.07) is 60.3. The molecule has 0 saturated carbocycles. The number of para-hydroxylation sites is 2. The van der Waals surface area contributed by atoms with Gasteiger partial charge in [-0.2, -0.15) is 0 Å². The van der Waals surface area contributed by atoms with Crippen LogP contribution >= 0.6 is 0 Å². The fourth-order valence-corrected chi connectivity index (χ4v) is 13.3. The molecule has 0 aromatic heterocycles. The third kappa shape index (κ3) is 5.64. The van der Waals surface area contributed by atoms with Gasteiger partial charge in [0.15, 0.2) is 7.28 Å². The summed E-state index contributed by atoms with van der Waals surface area (Å²) in [6.07, 6.45) is 11.7. The maximum absolute atomic E-state index is 4.16. The van der Waals surface area contributed by atoms with Crippen LogP contribution in [0, 0.1) is 0 Å². The van der Waals surface area contributed by atoms with Crippen molar-refractivity contribution < 1.29 is 0 Å². The predicted octanol–water partition coefficient (Wildman–Crippen LogP) is 15.3. The van der Waals surface area contributed by atoms with Gasteiger partial charge in [-0.05, 0) is 144 Å². The van der Waals surface area contributed by atoms with Crippen molar-refractivity contribution >= 4 is 57.4 Å². The van der Waals surface area contributed by atoms with E-state index in [-0.39, 0.29) is 16.2 Å². The fourth-order valence-electron chi connectivity index (χ4n) is 13.3. The summed E-state index contributed by atoms with van der Waals surface area (Å²) in [6.45, 7) is 14.6. The van der Waals surface area contributed by atoms with Crippen molar-refractivity contribution in [2.24, 2.45) is 0 Å². The number of rotatable bonds is 5. The molecule has 3 heteroatoms. The minimum atomic E-state index is -0.493. The largest absolute Gasteiger partial charge is 0.355 e. The molecule has 3 aliphatic carbocycles. The molecule has 1 N–H and O–H groups in total. The molecule has 1 radical (unpaired) electrons. The van der Waals surface area contributed by atoms with Crippen molar-refractivity contribution in [1.82, 2.24) is 0 Å². The predicted molar refractivity (Wildman–Crippen MR) is 284 cm³/mol. The van der Waals surface area contributed by atoms with Crippen molar-refractivity contribution in [3.05, 3.63) is 220 Å². The molecule has 67 heavy (non-hydrogen) atoms. The minimum Gasteiger partial charge on any atom is -0.355 e. The minimum absolute atomic E-state index is 0.0928. The summed E-state index contributed by atoms with van der Waals surface area (Å²) in [5.74, 6) is 0. The number of hydrogen-bond acceptors (Lipinski definition) is 2. The number of anilines is 5. The molecule has 1 unspecified atom stereocenters. The normalized spacial score (nSPS) is 19.5. The standard InChI is InChI=1S/C64H56BN2/c1-61(2)36-37-62(3,4)51-39-43(32-34-48(51)61)66-53-35-33-46-45-26-15-16-27-47(45)63(5,6)58(46)57(53)56-44-25-14-13-20-40(44)38-55-59(56)65-52-30-19-29-50-60(52)67(55)54-31-18-17-28-49(54)64(50,41-21-9-7-10-22-41)42-23-11-8-12-24-42/h7,9-11,13-35,38-39,66H,8,12,36-37H2,1-6H3. The van der Waals surface area contributed by atoms with Crippen LogP contribution in [0.25, 0.3) is 33.0 Å². The topological polar surface area (TPSA) is 15.3 Å². The molecule has 0 fully saturated rings. The molecule has 1 atom stereocenters. The third-order valence-corrected chi connectivity index (χ3v) is 16.6. The molecule has 8 aromatic carbocycles. The summed E-state index contributed by atoms with van der Waals surface area (Å²) in [4.78, 5) is 2.63. The van der Waals surface area contributed by atoms with Gasteiger partial charge in [0.25, 0.3) is 0 Å². The highest BCUT2D eigenvalue weighted by Crippen LogP contribution is 2.60. The molecule has 0 saturated heterocycles. The van der Waals surface area contributed by atoms with Gasteiger partial charge in [0, 0.05) is 33.7 Å². The number of hydrogen-bond donors (Lipinski definition) is 1. The van der Waals surface area contributed by atoms with Crippen LogP contribution in [-0.2, 0) is 21.7 Å². The first-order valence-electron chi connectivity index (χ1n) is 24.5. The molecule has 2 nitrogen and oxygen atoms in total. The maximum Gasteiger partial charge on any atom is 0.197 e. The van der Waals surface area contributed by atoms with E-state index in [4.69, 9.17) is 0 Å². The highest BCUT2D eigenvalue weighted by Gasteiger charge is 2.50. The van der Waals surface area contributed by atoms with Crippen molar-refractivity contribution in [2.75, 3.05) is 10.2 Å². The van der Waals surface area contributed by atoms with E-state index in [9.17, 15) is 0 Å². The van der Waals surface area contributed by atoms with Crippen LogP contribution in [-0.4, -0.2) is 7.28 Å². The summed E-state index contributed by atoms with van der Waals surface area (Å²) < 4.78 is 0. The second kappa shape index (κ2) is 14.3. The van der Waals surface area contributed by atoms with Gasteiger partial charge in [-0.1, -0.05) is 193 Å². The Bertz CT molecular complexity index is 3460. The van der Waals surface area contributed by atoms with Crippen LogP contribution < -0.4 is 21.1 Å². The van der Waals surface area contributed by atoms with Gasteiger partial charge in [-0.15, -0.1) is 0 Å². The second-order valence-corrected chi connectivity index (χ2v) is 21.6. The van der Waals surface area contributed by atoms with Crippen LogP contribution in [0.1, 0.15) is 106 Å². The first-order valence-corrected chi connectivity index (χ1v) is 24.5. The highest BCUT2D eigenvalue weighted by molar-refractivity contribution is 6.74. The number of nitrogens with zero attached hydrogens (tertiary/aromatic N) is 1. The zero-order valence-corrected chi connectivity index (χ0v) is 39.6. The Labute approximate surface area is 397 Å². The van der Waals surface area contributed by atoms with Crippen LogP contribution in [0.5, 0.6) is 0 Å². The van der Waals surface area contributed by atoms with Crippen molar-refractivity contribution in [3.63, 3.8) is 0 Å². The van der Waals surface area contributed by atoms with E-state index in [1.54, 1.807) is 0 Å². The molecule has 2 heterocycles. The third-order valence-electron chi connectivity index (χ3n) is 16.6. The van der Waals surface area contributed by atoms with Gasteiger partial charge in [0.1, 0.15) is 0 Å². The van der Waals surface area contributed by atoms with Gasteiger partial charge in [-0.25, -0.2) is 0 Å². The quantitative estimate of drug-likeness (QED) is 0.173.